The highest BCUT2D eigenvalue weighted by atomic mass is 16.5. The van der Waals surface area contributed by atoms with Gasteiger partial charge in [-0.2, -0.15) is 0 Å². The van der Waals surface area contributed by atoms with Gasteiger partial charge in [-0.1, -0.05) is 6.07 Å². The van der Waals surface area contributed by atoms with E-state index in [2.05, 4.69) is 11.4 Å². The Morgan fingerprint density at radius 3 is 3.15 bits per heavy atom. The Labute approximate surface area is 119 Å². The maximum Gasteiger partial charge on any atom is 0.165 e. The third-order valence-electron chi connectivity index (χ3n) is 5.28. The van der Waals surface area contributed by atoms with Gasteiger partial charge in [-0.05, 0) is 37.4 Å². The van der Waals surface area contributed by atoms with E-state index in [9.17, 15) is 5.11 Å². The number of ether oxygens (including phenoxy) is 2. The van der Waals surface area contributed by atoms with Crippen LogP contribution < -0.4 is 14.8 Å². The number of rotatable bonds is 1. The fourth-order valence-corrected chi connectivity index (χ4v) is 4.29. The lowest BCUT2D eigenvalue weighted by atomic mass is 9.65. The normalized spacial score (nSPS) is 34.7. The van der Waals surface area contributed by atoms with Gasteiger partial charge in [0.25, 0.3) is 0 Å². The maximum absolute atomic E-state index is 10.0. The molecule has 3 aliphatic rings. The largest absolute Gasteiger partial charge is 0.493 e. The number of hydrogen-bond acceptors (Lipinski definition) is 4. The van der Waals surface area contributed by atoms with E-state index in [0.717, 1.165) is 50.3 Å². The van der Waals surface area contributed by atoms with E-state index in [1.165, 1.54) is 11.1 Å². The average Bonchev–Trinajstić information content (AvgIpc) is 2.66. The van der Waals surface area contributed by atoms with E-state index in [1.807, 2.05) is 6.07 Å². The Bertz CT molecular complexity index is 545. The lowest BCUT2D eigenvalue weighted by Crippen LogP contribution is -2.45. The Morgan fingerprint density at radius 1 is 1.40 bits per heavy atom. The van der Waals surface area contributed by atoms with Crippen LogP contribution in [0.1, 0.15) is 36.8 Å². The van der Waals surface area contributed by atoms with Gasteiger partial charge in [0.05, 0.1) is 13.2 Å². The molecular formula is C16H21NO3. The zero-order chi connectivity index (χ0) is 13.7. The fourth-order valence-electron chi connectivity index (χ4n) is 4.29. The molecule has 1 aliphatic carbocycles. The van der Waals surface area contributed by atoms with Crippen LogP contribution in [0.3, 0.4) is 0 Å². The molecule has 1 fully saturated rings. The third-order valence-corrected chi connectivity index (χ3v) is 5.28. The molecule has 1 saturated carbocycles. The summed E-state index contributed by atoms with van der Waals surface area (Å²) in [6.45, 7) is 1.90. The van der Waals surface area contributed by atoms with Crippen molar-refractivity contribution in [1.82, 2.24) is 5.32 Å². The lowest BCUT2D eigenvalue weighted by Gasteiger charge is -2.39. The molecule has 1 aromatic rings. The van der Waals surface area contributed by atoms with Gasteiger partial charge in [-0.3, -0.25) is 0 Å². The Balaban J connectivity index is 1.91. The minimum absolute atomic E-state index is 0.0714. The number of aliphatic hydroxyl groups excluding tert-OH is 1. The molecule has 0 aromatic heterocycles. The molecule has 4 rings (SSSR count). The van der Waals surface area contributed by atoms with E-state index in [-0.39, 0.29) is 17.6 Å². The van der Waals surface area contributed by atoms with Crippen molar-refractivity contribution in [2.75, 3.05) is 13.7 Å². The van der Waals surface area contributed by atoms with Crippen molar-refractivity contribution in [1.29, 1.82) is 0 Å². The van der Waals surface area contributed by atoms with E-state index >= 15 is 0 Å². The predicted octanol–water partition coefficient (Wildman–Crippen LogP) is 1.73. The van der Waals surface area contributed by atoms with Gasteiger partial charge in [-0.15, -0.1) is 0 Å². The Morgan fingerprint density at radius 2 is 2.30 bits per heavy atom. The molecule has 0 saturated heterocycles. The average molecular weight is 275 g/mol. The first-order valence-electron chi connectivity index (χ1n) is 7.50. The third kappa shape index (κ3) is 1.55. The molecule has 1 aromatic carbocycles. The van der Waals surface area contributed by atoms with Crippen LogP contribution in [0.25, 0.3) is 0 Å². The summed E-state index contributed by atoms with van der Waals surface area (Å²) < 4.78 is 11.8. The van der Waals surface area contributed by atoms with Gasteiger partial charge in [0, 0.05) is 23.9 Å². The van der Waals surface area contributed by atoms with Gasteiger partial charge in [-0.25, -0.2) is 0 Å². The monoisotopic (exact) mass is 275 g/mol. The molecule has 2 heterocycles. The summed E-state index contributed by atoms with van der Waals surface area (Å²) in [6.07, 6.45) is 3.56. The molecule has 4 nitrogen and oxygen atoms in total. The van der Waals surface area contributed by atoms with E-state index < -0.39 is 0 Å². The Kier molecular flexibility index (Phi) is 2.72. The minimum Gasteiger partial charge on any atom is -0.493 e. The first-order chi connectivity index (χ1) is 9.74. The highest BCUT2D eigenvalue weighted by Gasteiger charge is 2.53. The summed E-state index contributed by atoms with van der Waals surface area (Å²) in [7, 11) is 1.69. The number of benzene rings is 1. The second kappa shape index (κ2) is 4.37. The topological polar surface area (TPSA) is 50.7 Å². The molecule has 0 bridgehead atoms. The first-order valence-corrected chi connectivity index (χ1v) is 7.50. The van der Waals surface area contributed by atoms with Crippen LogP contribution in [0.5, 0.6) is 11.5 Å². The molecular weight excluding hydrogens is 254 g/mol. The van der Waals surface area contributed by atoms with Crippen LogP contribution in [0, 0.1) is 0 Å². The quantitative estimate of drug-likeness (QED) is 0.819. The molecule has 3 atom stereocenters. The molecule has 2 N–H and O–H groups in total. The molecule has 0 radical (unpaired) electrons. The van der Waals surface area contributed by atoms with Gasteiger partial charge >= 0.3 is 0 Å². The van der Waals surface area contributed by atoms with Crippen molar-refractivity contribution in [3.8, 4) is 11.5 Å². The van der Waals surface area contributed by atoms with Crippen molar-refractivity contribution in [3.05, 3.63) is 23.3 Å². The van der Waals surface area contributed by atoms with Crippen molar-refractivity contribution >= 4 is 0 Å². The summed E-state index contributed by atoms with van der Waals surface area (Å²) in [5.41, 5.74) is 2.75. The van der Waals surface area contributed by atoms with Gasteiger partial charge in [0.15, 0.2) is 11.5 Å². The number of nitrogens with one attached hydrogen (secondary N) is 1. The second-order valence-electron chi connectivity index (χ2n) is 6.25. The van der Waals surface area contributed by atoms with Crippen molar-refractivity contribution in [2.45, 2.75) is 49.9 Å². The number of methoxy groups -OCH3 is 1. The van der Waals surface area contributed by atoms with Crippen LogP contribution in [0.15, 0.2) is 12.1 Å². The SMILES string of the molecule is COc1ccc2c3c1O[C@H]1C[C@@H](O)CC[C@]31CCNC2. The highest BCUT2D eigenvalue weighted by Crippen LogP contribution is 2.56. The molecule has 2 aliphatic heterocycles. The maximum atomic E-state index is 10.0. The van der Waals surface area contributed by atoms with Crippen LogP contribution in [-0.2, 0) is 12.0 Å². The zero-order valence-corrected chi connectivity index (χ0v) is 11.8. The van der Waals surface area contributed by atoms with E-state index in [1.54, 1.807) is 7.11 Å². The first kappa shape index (κ1) is 12.5. The summed E-state index contributed by atoms with van der Waals surface area (Å²) in [5, 5.41) is 13.5. The molecule has 0 unspecified atom stereocenters. The summed E-state index contributed by atoms with van der Waals surface area (Å²) in [5.74, 6) is 1.75. The van der Waals surface area contributed by atoms with Gasteiger partial charge in [0.1, 0.15) is 6.10 Å². The standard InChI is InChI=1S/C16H21NO3/c1-19-12-3-2-10-9-17-7-6-16-5-4-11(18)8-13(16)20-15(12)14(10)16/h2-3,11,13,17-18H,4-9H2,1H3/t11-,13-,16+/m0/s1. The smallest absolute Gasteiger partial charge is 0.165 e. The minimum atomic E-state index is -0.231. The van der Waals surface area contributed by atoms with Crippen LogP contribution >= 0.6 is 0 Å². The van der Waals surface area contributed by atoms with Crippen molar-refractivity contribution in [2.24, 2.45) is 0 Å². The molecule has 20 heavy (non-hydrogen) atoms. The molecule has 108 valence electrons. The Hall–Kier alpha value is -1.26. The lowest BCUT2D eigenvalue weighted by molar-refractivity contribution is 0.0142. The fraction of sp³-hybridized carbons (Fsp3) is 0.625. The highest BCUT2D eigenvalue weighted by molar-refractivity contribution is 5.58. The van der Waals surface area contributed by atoms with Gasteiger partial charge < -0.3 is 19.9 Å². The van der Waals surface area contributed by atoms with Crippen molar-refractivity contribution < 1.29 is 14.6 Å². The summed E-state index contributed by atoms with van der Waals surface area (Å²) in [4.78, 5) is 0. The summed E-state index contributed by atoms with van der Waals surface area (Å²) >= 11 is 0. The van der Waals surface area contributed by atoms with Crippen LogP contribution in [0.2, 0.25) is 0 Å². The zero-order valence-electron chi connectivity index (χ0n) is 11.8. The van der Waals surface area contributed by atoms with Crippen molar-refractivity contribution in [3.63, 3.8) is 0 Å². The van der Waals surface area contributed by atoms with E-state index in [0.29, 0.717) is 0 Å². The van der Waals surface area contributed by atoms with Gasteiger partial charge in [0.2, 0.25) is 0 Å². The molecule has 0 amide bonds. The molecule has 4 heteroatoms. The van der Waals surface area contributed by atoms with E-state index in [4.69, 9.17) is 9.47 Å². The second-order valence-corrected chi connectivity index (χ2v) is 6.25. The number of aliphatic hydroxyl groups is 1. The predicted molar refractivity (Wildman–Crippen MR) is 75.3 cm³/mol. The van der Waals surface area contributed by atoms with Crippen LogP contribution in [-0.4, -0.2) is 31.0 Å². The number of hydrogen-bond donors (Lipinski definition) is 2. The van der Waals surface area contributed by atoms with Crippen LogP contribution in [0.4, 0.5) is 0 Å². The molecule has 1 spiro atoms. The summed E-state index contributed by atoms with van der Waals surface area (Å²) in [6, 6.07) is 4.16.